The molecule has 0 aliphatic carbocycles. The number of H-pyrrole nitrogens is 1. The quantitative estimate of drug-likeness (QED) is 0.337. The van der Waals surface area contributed by atoms with E-state index in [9.17, 15) is 4.79 Å². The minimum absolute atomic E-state index is 0.460. The zero-order valence-corrected chi connectivity index (χ0v) is 17.0. The zero-order chi connectivity index (χ0) is 21.5. The highest BCUT2D eigenvalue weighted by molar-refractivity contribution is 5.86. The van der Waals surface area contributed by atoms with Crippen LogP contribution >= 0.6 is 0 Å². The molecule has 0 radical (unpaired) electrons. The van der Waals surface area contributed by atoms with Crippen LogP contribution in [-0.4, -0.2) is 25.8 Å². The van der Waals surface area contributed by atoms with Gasteiger partial charge in [-0.25, -0.2) is 0 Å². The van der Waals surface area contributed by atoms with Crippen molar-refractivity contribution in [1.29, 1.82) is 0 Å². The van der Waals surface area contributed by atoms with Crippen LogP contribution in [0.5, 0.6) is 0 Å². The lowest BCUT2D eigenvalue weighted by molar-refractivity contribution is -0.566. The summed E-state index contributed by atoms with van der Waals surface area (Å²) >= 11 is 0. The number of aldehydes is 1. The number of aromatic amines is 1. The fraction of sp³-hybridized carbons (Fsp3) is 0. The van der Waals surface area contributed by atoms with Crippen molar-refractivity contribution in [3.05, 3.63) is 103 Å². The molecule has 3 aromatic heterocycles. The maximum absolute atomic E-state index is 12.2. The largest absolute Gasteiger partial charge is 0.430 e. The topological polar surface area (TPSA) is 67.2 Å². The van der Waals surface area contributed by atoms with Crippen molar-refractivity contribution in [2.45, 2.75) is 0 Å². The smallest absolute Gasteiger partial charge is 0.295 e. The highest BCUT2D eigenvalue weighted by Crippen LogP contribution is 2.26. The van der Waals surface area contributed by atoms with E-state index in [1.54, 1.807) is 4.40 Å². The lowest BCUT2D eigenvalue weighted by Gasteiger charge is -2.03. The summed E-state index contributed by atoms with van der Waals surface area (Å²) in [4.78, 5) is 21.9. The fourth-order valence-electron chi connectivity index (χ4n) is 4.06. The Hall–Kier alpha value is -4.58. The molecule has 1 N–H and O–H groups in total. The number of nitrogens with zero attached hydrogens (tertiary/aromatic N) is 4. The maximum Gasteiger partial charge on any atom is 0.430 e. The van der Waals surface area contributed by atoms with Gasteiger partial charge in [0.15, 0.2) is 17.7 Å². The van der Waals surface area contributed by atoms with E-state index in [1.807, 2.05) is 89.4 Å². The highest BCUT2D eigenvalue weighted by atomic mass is 16.1. The van der Waals surface area contributed by atoms with Crippen LogP contribution < -0.4 is 4.52 Å². The van der Waals surface area contributed by atoms with Crippen LogP contribution in [-0.2, 0) is 0 Å². The normalized spacial score (nSPS) is 11.2. The van der Waals surface area contributed by atoms with Gasteiger partial charge < -0.3 is 0 Å². The van der Waals surface area contributed by atoms with Crippen LogP contribution in [0, 0.1) is 0 Å². The van der Waals surface area contributed by atoms with Gasteiger partial charge in [-0.2, -0.15) is 14.5 Å². The molecule has 3 aromatic carbocycles. The molecule has 32 heavy (non-hydrogen) atoms. The summed E-state index contributed by atoms with van der Waals surface area (Å²) in [6.07, 6.45) is 0.842. The summed E-state index contributed by atoms with van der Waals surface area (Å²) < 4.78 is 3.67. The SMILES string of the molecule is O=Cc1c(-c2ccccc2)nc2[nH][n+]3c(-c4ccccc4)cc(-c4ccccc4)nc3n12. The van der Waals surface area contributed by atoms with Gasteiger partial charge in [-0.1, -0.05) is 96.0 Å². The molecule has 0 spiro atoms. The number of aromatic nitrogens is 5. The molecule has 0 aliphatic heterocycles. The number of hydrogen-bond acceptors (Lipinski definition) is 3. The predicted octanol–water partition coefficient (Wildman–Crippen LogP) is 4.61. The molecule has 0 saturated carbocycles. The number of carbonyl (C=O) groups is 1. The molecule has 0 atom stereocenters. The molecular formula is C26H18N5O+. The van der Waals surface area contributed by atoms with E-state index in [1.165, 1.54) is 0 Å². The van der Waals surface area contributed by atoms with Crippen molar-refractivity contribution >= 4 is 17.8 Å². The number of carbonyl (C=O) groups excluding carboxylic acids is 1. The molecule has 6 aromatic rings. The molecule has 152 valence electrons. The van der Waals surface area contributed by atoms with E-state index in [0.29, 0.717) is 22.9 Å². The van der Waals surface area contributed by atoms with Gasteiger partial charge in [0, 0.05) is 22.8 Å². The van der Waals surface area contributed by atoms with Gasteiger partial charge in [0.1, 0.15) is 11.4 Å². The van der Waals surface area contributed by atoms with E-state index in [4.69, 9.17) is 9.97 Å². The first-order valence-corrected chi connectivity index (χ1v) is 10.3. The summed E-state index contributed by atoms with van der Waals surface area (Å²) in [5.41, 5.74) is 5.74. The third-order valence-electron chi connectivity index (χ3n) is 5.56. The van der Waals surface area contributed by atoms with Gasteiger partial charge in [-0.3, -0.25) is 4.79 Å². The Balaban J connectivity index is 1.71. The number of benzene rings is 3. The molecule has 0 bridgehead atoms. The standard InChI is InChI=1S/C26H17N5O/c32-17-23-24(20-14-8-3-9-15-20)28-25-29-31-22(19-12-6-2-7-13-19)16-21(27-26(31)30(23)25)18-10-4-1-5-11-18/h1-17H/p+1. The first-order chi connectivity index (χ1) is 15.8. The van der Waals surface area contributed by atoms with Crippen molar-refractivity contribution < 1.29 is 9.31 Å². The van der Waals surface area contributed by atoms with Crippen molar-refractivity contribution in [1.82, 2.24) is 19.5 Å². The van der Waals surface area contributed by atoms with Gasteiger partial charge in [0.2, 0.25) is 0 Å². The van der Waals surface area contributed by atoms with Gasteiger partial charge in [-0.05, 0) is 0 Å². The monoisotopic (exact) mass is 416 g/mol. The Kier molecular flexibility index (Phi) is 4.14. The van der Waals surface area contributed by atoms with Gasteiger partial charge in [0.05, 0.1) is 0 Å². The first-order valence-electron chi connectivity index (χ1n) is 10.3. The van der Waals surface area contributed by atoms with Crippen LogP contribution in [0.2, 0.25) is 0 Å². The summed E-state index contributed by atoms with van der Waals surface area (Å²) in [6.45, 7) is 0. The molecule has 0 unspecified atom stereocenters. The fourth-order valence-corrected chi connectivity index (χ4v) is 4.06. The number of imidazole rings is 1. The second-order valence-corrected chi connectivity index (χ2v) is 7.49. The molecule has 6 nitrogen and oxygen atoms in total. The van der Waals surface area contributed by atoms with Crippen molar-refractivity contribution in [2.24, 2.45) is 0 Å². The minimum atomic E-state index is 0.460. The minimum Gasteiger partial charge on any atom is -0.295 e. The number of nitrogens with one attached hydrogen (secondary N) is 1. The third-order valence-corrected chi connectivity index (χ3v) is 5.56. The molecule has 6 heteroatoms. The summed E-state index contributed by atoms with van der Waals surface area (Å²) in [5.74, 6) is 1.15. The average Bonchev–Trinajstić information content (AvgIpc) is 3.41. The number of rotatable bonds is 4. The maximum atomic E-state index is 12.2. The first kappa shape index (κ1) is 18.2. The van der Waals surface area contributed by atoms with E-state index >= 15 is 0 Å². The average molecular weight is 416 g/mol. The Bertz CT molecular complexity index is 1570. The number of fused-ring (bicyclic) bond motifs is 3. The molecule has 0 amide bonds. The third kappa shape index (κ3) is 2.81. The summed E-state index contributed by atoms with van der Waals surface area (Å²) in [5, 5.41) is 3.34. The Morgan fingerprint density at radius 3 is 1.97 bits per heavy atom. The predicted molar refractivity (Wildman–Crippen MR) is 122 cm³/mol. The van der Waals surface area contributed by atoms with Crippen LogP contribution in [0.3, 0.4) is 0 Å². The highest BCUT2D eigenvalue weighted by Gasteiger charge is 2.27. The van der Waals surface area contributed by atoms with Gasteiger partial charge in [-0.15, -0.1) is 4.52 Å². The van der Waals surface area contributed by atoms with Crippen LogP contribution in [0.25, 0.3) is 45.3 Å². The lowest BCUT2D eigenvalue weighted by atomic mass is 10.1. The van der Waals surface area contributed by atoms with Gasteiger partial charge >= 0.3 is 11.6 Å². The molecule has 0 fully saturated rings. The van der Waals surface area contributed by atoms with Crippen molar-refractivity contribution in [3.63, 3.8) is 0 Å². The number of hydrogen-bond donors (Lipinski definition) is 1. The van der Waals surface area contributed by atoms with Crippen molar-refractivity contribution in [3.8, 4) is 33.8 Å². The molecular weight excluding hydrogens is 398 g/mol. The van der Waals surface area contributed by atoms with Crippen LogP contribution in [0.1, 0.15) is 10.5 Å². The Labute approximate surface area is 183 Å². The Morgan fingerprint density at radius 2 is 1.34 bits per heavy atom. The second kappa shape index (κ2) is 7.28. The Morgan fingerprint density at radius 1 is 0.750 bits per heavy atom. The lowest BCUT2D eigenvalue weighted by Crippen LogP contribution is -2.28. The van der Waals surface area contributed by atoms with E-state index < -0.39 is 0 Å². The molecule has 3 heterocycles. The van der Waals surface area contributed by atoms with Crippen molar-refractivity contribution in [2.75, 3.05) is 0 Å². The molecule has 0 aliphatic rings. The summed E-state index contributed by atoms with van der Waals surface area (Å²) in [6, 6.07) is 31.9. The summed E-state index contributed by atoms with van der Waals surface area (Å²) in [7, 11) is 0. The van der Waals surface area contributed by atoms with E-state index in [-0.39, 0.29) is 0 Å². The van der Waals surface area contributed by atoms with Crippen LogP contribution in [0.15, 0.2) is 97.1 Å². The molecule has 6 rings (SSSR count). The van der Waals surface area contributed by atoms with Gasteiger partial charge in [0.25, 0.3) is 0 Å². The van der Waals surface area contributed by atoms with Crippen LogP contribution in [0.4, 0.5) is 0 Å². The molecule has 0 saturated heterocycles. The van der Waals surface area contributed by atoms with E-state index in [0.717, 1.165) is 34.4 Å². The van der Waals surface area contributed by atoms with E-state index in [2.05, 4.69) is 17.2 Å². The second-order valence-electron chi connectivity index (χ2n) is 7.49. The zero-order valence-electron chi connectivity index (χ0n) is 17.0.